The Morgan fingerprint density at radius 2 is 2.00 bits per heavy atom. The molecule has 2 N–H and O–H groups in total. The van der Waals surface area contributed by atoms with Crippen LogP contribution in [0.1, 0.15) is 12.0 Å². The number of nitrogens with two attached hydrogens (primary N) is 1. The van der Waals surface area contributed by atoms with Crippen LogP contribution in [0.2, 0.25) is 0 Å². The van der Waals surface area contributed by atoms with Crippen LogP contribution in [0.4, 0.5) is 23.1 Å². The lowest BCUT2D eigenvalue weighted by atomic mass is 10.2. The van der Waals surface area contributed by atoms with E-state index >= 15 is 0 Å². The number of nitrogens with zero attached hydrogens (tertiary/aromatic N) is 3. The molecular weight excluding hydrogens is 329 g/mol. The van der Waals surface area contributed by atoms with Crippen molar-refractivity contribution < 1.29 is 18.0 Å². The maximum Gasteiger partial charge on any atom is 0.416 e. The van der Waals surface area contributed by atoms with E-state index in [1.165, 1.54) is 17.4 Å². The topological polar surface area (TPSA) is 62.5 Å². The molecule has 9 heteroatoms. The summed E-state index contributed by atoms with van der Waals surface area (Å²) in [5, 5.41) is 0.672. The normalized spacial score (nSPS) is 16.7. The minimum Gasteiger partial charge on any atom is -0.351 e. The van der Waals surface area contributed by atoms with Crippen molar-refractivity contribution in [2.24, 2.45) is 5.73 Å². The van der Waals surface area contributed by atoms with Gasteiger partial charge in [-0.05, 0) is 24.6 Å². The third kappa shape index (κ3) is 3.34. The number of rotatable bonds is 1. The zero-order valence-corrected chi connectivity index (χ0v) is 13.0. The minimum atomic E-state index is -4.37. The van der Waals surface area contributed by atoms with Crippen molar-refractivity contribution in [2.45, 2.75) is 12.6 Å². The minimum absolute atomic E-state index is 0.343. The van der Waals surface area contributed by atoms with Crippen LogP contribution in [0.3, 0.4) is 0 Å². The van der Waals surface area contributed by atoms with Crippen molar-refractivity contribution >= 4 is 32.7 Å². The van der Waals surface area contributed by atoms with Gasteiger partial charge in [-0.1, -0.05) is 11.3 Å². The second-order valence-corrected chi connectivity index (χ2v) is 6.35. The quantitative estimate of drug-likeness (QED) is 0.865. The average Bonchev–Trinajstić information content (AvgIpc) is 2.73. The molecule has 1 aromatic carbocycles. The molecule has 1 aromatic heterocycles. The van der Waals surface area contributed by atoms with Crippen LogP contribution >= 0.6 is 11.3 Å². The lowest BCUT2D eigenvalue weighted by Gasteiger charge is -2.19. The van der Waals surface area contributed by atoms with Crippen molar-refractivity contribution in [3.63, 3.8) is 0 Å². The van der Waals surface area contributed by atoms with Gasteiger partial charge < -0.3 is 15.5 Å². The fourth-order valence-electron chi connectivity index (χ4n) is 2.56. The predicted octanol–water partition coefficient (Wildman–Crippen LogP) is 2.91. The van der Waals surface area contributed by atoms with Gasteiger partial charge in [0.2, 0.25) is 0 Å². The number of fused-ring (bicyclic) bond motifs is 1. The second-order valence-electron chi connectivity index (χ2n) is 5.34. The maximum atomic E-state index is 12.8. The summed E-state index contributed by atoms with van der Waals surface area (Å²) in [4.78, 5) is 19.1. The van der Waals surface area contributed by atoms with Crippen LogP contribution in [-0.2, 0) is 6.18 Å². The third-order valence-corrected chi connectivity index (χ3v) is 4.88. The van der Waals surface area contributed by atoms with E-state index < -0.39 is 17.8 Å². The van der Waals surface area contributed by atoms with Crippen molar-refractivity contribution in [1.29, 1.82) is 0 Å². The van der Waals surface area contributed by atoms with Crippen LogP contribution in [-0.4, -0.2) is 42.1 Å². The number of anilines is 1. The first kappa shape index (κ1) is 15.9. The lowest BCUT2D eigenvalue weighted by molar-refractivity contribution is -0.137. The fourth-order valence-corrected chi connectivity index (χ4v) is 3.55. The highest BCUT2D eigenvalue weighted by atomic mass is 32.1. The summed E-state index contributed by atoms with van der Waals surface area (Å²) in [6.07, 6.45) is -3.63. The van der Waals surface area contributed by atoms with Crippen LogP contribution in [0, 0.1) is 0 Å². The number of carbonyl (C=O) groups is 1. The van der Waals surface area contributed by atoms with Crippen LogP contribution in [0.5, 0.6) is 0 Å². The fraction of sp³-hybridized carbons (Fsp3) is 0.429. The molecule has 3 rings (SSSR count). The van der Waals surface area contributed by atoms with Gasteiger partial charge >= 0.3 is 12.2 Å². The molecule has 2 aromatic rings. The van der Waals surface area contributed by atoms with E-state index in [0.717, 1.165) is 18.6 Å². The number of benzene rings is 1. The number of hydrogen-bond acceptors (Lipinski definition) is 4. The number of alkyl halides is 3. The van der Waals surface area contributed by atoms with E-state index in [9.17, 15) is 18.0 Å². The molecule has 0 atom stereocenters. The molecule has 124 valence electrons. The highest BCUT2D eigenvalue weighted by Gasteiger charge is 2.31. The van der Waals surface area contributed by atoms with E-state index in [1.807, 2.05) is 4.90 Å². The molecule has 2 amide bonds. The monoisotopic (exact) mass is 344 g/mol. The molecule has 1 fully saturated rings. The van der Waals surface area contributed by atoms with Crippen molar-refractivity contribution in [3.8, 4) is 0 Å². The molecule has 1 aliphatic heterocycles. The van der Waals surface area contributed by atoms with Crippen molar-refractivity contribution in [3.05, 3.63) is 23.8 Å². The number of urea groups is 1. The number of amides is 2. The van der Waals surface area contributed by atoms with Gasteiger partial charge in [0.1, 0.15) is 0 Å². The first-order valence-electron chi connectivity index (χ1n) is 7.12. The Labute approximate surface area is 134 Å². The Bertz CT molecular complexity index is 730. The van der Waals surface area contributed by atoms with E-state index in [0.29, 0.717) is 41.5 Å². The Kier molecular flexibility index (Phi) is 4.05. The average molecular weight is 344 g/mol. The molecule has 0 aliphatic carbocycles. The Hall–Kier alpha value is -2.03. The maximum absolute atomic E-state index is 12.8. The van der Waals surface area contributed by atoms with Gasteiger partial charge in [-0.3, -0.25) is 0 Å². The van der Waals surface area contributed by atoms with Crippen molar-refractivity contribution in [1.82, 2.24) is 9.88 Å². The second kappa shape index (κ2) is 5.88. The molecule has 2 heterocycles. The molecule has 0 unspecified atom stereocenters. The van der Waals surface area contributed by atoms with Gasteiger partial charge in [-0.2, -0.15) is 13.2 Å². The number of carbonyl (C=O) groups excluding carboxylic acids is 1. The number of hydrogen-bond donors (Lipinski definition) is 1. The highest BCUT2D eigenvalue weighted by Crippen LogP contribution is 2.35. The standard InChI is InChI=1S/C14H15F3N4OS/c15-14(16,17)9-2-3-11-10(8-9)19-13(23-11)21-5-1-4-20(6-7-21)12(18)22/h2-3,8H,1,4-7H2,(H2,18,22). The van der Waals surface area contributed by atoms with E-state index in [4.69, 9.17) is 5.73 Å². The summed E-state index contributed by atoms with van der Waals surface area (Å²) in [5.74, 6) is 0. The third-order valence-electron chi connectivity index (χ3n) is 3.78. The van der Waals surface area contributed by atoms with E-state index in [2.05, 4.69) is 4.98 Å². The van der Waals surface area contributed by atoms with E-state index in [1.54, 1.807) is 4.90 Å². The summed E-state index contributed by atoms with van der Waals surface area (Å²) in [5.41, 5.74) is 4.94. The predicted molar refractivity (Wildman–Crippen MR) is 82.6 cm³/mol. The molecule has 1 saturated heterocycles. The Morgan fingerprint density at radius 1 is 1.22 bits per heavy atom. The van der Waals surface area contributed by atoms with Gasteiger partial charge in [-0.25, -0.2) is 9.78 Å². The van der Waals surface area contributed by atoms with Gasteiger partial charge in [0.05, 0.1) is 15.8 Å². The molecule has 0 spiro atoms. The van der Waals surface area contributed by atoms with Gasteiger partial charge in [0, 0.05) is 26.2 Å². The Balaban J connectivity index is 1.84. The molecular formula is C14H15F3N4OS. The zero-order valence-electron chi connectivity index (χ0n) is 12.1. The summed E-state index contributed by atoms with van der Waals surface area (Å²) in [6, 6.07) is 3.14. The number of thiazole rings is 1. The van der Waals surface area contributed by atoms with Gasteiger partial charge in [-0.15, -0.1) is 0 Å². The molecule has 0 saturated carbocycles. The molecule has 0 bridgehead atoms. The van der Waals surface area contributed by atoms with Crippen LogP contribution in [0.25, 0.3) is 10.2 Å². The molecule has 1 aliphatic rings. The zero-order chi connectivity index (χ0) is 16.6. The first-order valence-corrected chi connectivity index (χ1v) is 7.93. The van der Waals surface area contributed by atoms with E-state index in [-0.39, 0.29) is 0 Å². The molecule has 5 nitrogen and oxygen atoms in total. The summed E-state index contributed by atoms with van der Waals surface area (Å²) in [6.45, 7) is 2.32. The van der Waals surface area contributed by atoms with Gasteiger partial charge in [0.15, 0.2) is 5.13 Å². The smallest absolute Gasteiger partial charge is 0.351 e. The molecule has 23 heavy (non-hydrogen) atoms. The Morgan fingerprint density at radius 3 is 2.70 bits per heavy atom. The lowest BCUT2D eigenvalue weighted by Crippen LogP contribution is -2.38. The number of aromatic nitrogens is 1. The number of halogens is 3. The largest absolute Gasteiger partial charge is 0.416 e. The van der Waals surface area contributed by atoms with Crippen LogP contribution < -0.4 is 10.6 Å². The highest BCUT2D eigenvalue weighted by molar-refractivity contribution is 7.22. The van der Waals surface area contributed by atoms with Crippen LogP contribution in [0.15, 0.2) is 18.2 Å². The summed E-state index contributed by atoms with van der Waals surface area (Å²) >= 11 is 1.35. The first-order chi connectivity index (χ1) is 10.8. The number of primary amides is 1. The SMILES string of the molecule is NC(=O)N1CCCN(c2nc3cc(C(F)(F)F)ccc3s2)CC1. The molecule has 0 radical (unpaired) electrons. The van der Waals surface area contributed by atoms with Crippen molar-refractivity contribution in [2.75, 3.05) is 31.1 Å². The van der Waals surface area contributed by atoms with Gasteiger partial charge in [0.25, 0.3) is 0 Å². The summed E-state index contributed by atoms with van der Waals surface area (Å²) in [7, 11) is 0. The summed E-state index contributed by atoms with van der Waals surface area (Å²) < 4.78 is 39.0.